The van der Waals surface area contributed by atoms with E-state index in [0.29, 0.717) is 24.9 Å². The molecule has 5 nitrogen and oxygen atoms in total. The minimum atomic E-state index is -0.486. The van der Waals surface area contributed by atoms with E-state index in [1.54, 1.807) is 37.2 Å². The molecule has 3 aromatic rings. The Morgan fingerprint density at radius 2 is 1.85 bits per heavy atom. The molecule has 0 spiro atoms. The molecule has 3 rings (SSSR count). The maximum Gasteiger partial charge on any atom is 0.241 e. The van der Waals surface area contributed by atoms with E-state index in [1.165, 1.54) is 24.3 Å². The maximum atomic E-state index is 13.2. The van der Waals surface area contributed by atoms with Crippen LogP contribution in [0.2, 0.25) is 0 Å². The summed E-state index contributed by atoms with van der Waals surface area (Å²) in [5.41, 5.74) is 2.12. The summed E-state index contributed by atoms with van der Waals surface area (Å²) in [6.45, 7) is 0.482. The van der Waals surface area contributed by atoms with Crippen molar-refractivity contribution in [3.8, 4) is 0 Å². The Bertz CT molecular complexity index is 921. The third-order valence-corrected chi connectivity index (χ3v) is 4.33. The van der Waals surface area contributed by atoms with Gasteiger partial charge in [0.2, 0.25) is 5.91 Å². The topological polar surface area (TPSA) is 61.0 Å². The molecule has 0 radical (unpaired) electrons. The molecule has 0 aliphatic rings. The van der Waals surface area contributed by atoms with Crippen LogP contribution >= 0.6 is 0 Å². The summed E-state index contributed by atoms with van der Waals surface area (Å²) in [6, 6.07) is 9.88. The van der Waals surface area contributed by atoms with Gasteiger partial charge < -0.3 is 10.3 Å². The number of carbonyl (C=O) groups excluding carboxylic acids is 1. The van der Waals surface area contributed by atoms with Gasteiger partial charge in [-0.2, -0.15) is 0 Å². The number of aryl methyl sites for hydroxylation is 1. The van der Waals surface area contributed by atoms with Gasteiger partial charge in [0.1, 0.15) is 23.5 Å². The lowest BCUT2D eigenvalue weighted by atomic mass is 10.1. The molecule has 2 aromatic carbocycles. The van der Waals surface area contributed by atoms with Crippen LogP contribution in [0.15, 0.2) is 42.5 Å². The van der Waals surface area contributed by atoms with Crippen molar-refractivity contribution in [2.75, 3.05) is 20.6 Å². The first-order valence-corrected chi connectivity index (χ1v) is 8.78. The van der Waals surface area contributed by atoms with Gasteiger partial charge in [-0.05, 0) is 56.4 Å². The van der Waals surface area contributed by atoms with Gasteiger partial charge in [0.15, 0.2) is 0 Å². The predicted octanol–water partition coefficient (Wildman–Crippen LogP) is 3.19. The number of likely N-dealkylation sites (N-methyl/N-ethyl adjacent to an activating group) is 1. The first-order chi connectivity index (χ1) is 12.9. The van der Waals surface area contributed by atoms with Gasteiger partial charge in [0.25, 0.3) is 0 Å². The standard InChI is InChI=1S/C20H22F2N4O/c1-26(2)19(13-5-7-14(21)8-6-13)20(27)23-11-3-4-18-24-16-10-9-15(22)12-17(16)25-18/h5-10,12,19H,3-4,11H2,1-2H3,(H,23,27)(H,24,25)/t19-/m0/s1. The summed E-state index contributed by atoms with van der Waals surface area (Å²) < 4.78 is 26.3. The zero-order valence-electron chi connectivity index (χ0n) is 15.3. The molecular formula is C20H22F2N4O. The minimum Gasteiger partial charge on any atom is -0.354 e. The molecule has 0 bridgehead atoms. The highest BCUT2D eigenvalue weighted by Gasteiger charge is 2.22. The number of H-pyrrole nitrogens is 1. The quantitative estimate of drug-likeness (QED) is 0.626. The number of imidazole rings is 1. The van der Waals surface area contributed by atoms with Crippen LogP contribution in [0.4, 0.5) is 8.78 Å². The van der Waals surface area contributed by atoms with Crippen molar-refractivity contribution < 1.29 is 13.6 Å². The second kappa shape index (κ2) is 8.26. The highest BCUT2D eigenvalue weighted by atomic mass is 19.1. The molecule has 1 atom stereocenters. The van der Waals surface area contributed by atoms with Crippen LogP contribution in [-0.2, 0) is 11.2 Å². The van der Waals surface area contributed by atoms with E-state index in [4.69, 9.17) is 0 Å². The van der Waals surface area contributed by atoms with Crippen LogP contribution in [-0.4, -0.2) is 41.4 Å². The van der Waals surface area contributed by atoms with Crippen molar-refractivity contribution in [3.05, 3.63) is 65.5 Å². The maximum absolute atomic E-state index is 13.2. The van der Waals surface area contributed by atoms with Crippen LogP contribution in [0.25, 0.3) is 11.0 Å². The number of carbonyl (C=O) groups is 1. The molecule has 1 heterocycles. The van der Waals surface area contributed by atoms with E-state index >= 15 is 0 Å². The normalized spacial score (nSPS) is 12.5. The number of rotatable bonds is 7. The first kappa shape index (κ1) is 19.0. The summed E-state index contributed by atoms with van der Waals surface area (Å²) >= 11 is 0. The number of nitrogens with one attached hydrogen (secondary N) is 2. The van der Waals surface area contributed by atoms with Gasteiger partial charge in [-0.3, -0.25) is 9.69 Å². The largest absolute Gasteiger partial charge is 0.354 e. The van der Waals surface area contributed by atoms with Crippen molar-refractivity contribution in [1.29, 1.82) is 0 Å². The van der Waals surface area contributed by atoms with Crippen LogP contribution in [0.5, 0.6) is 0 Å². The molecule has 0 fully saturated rings. The Kier molecular flexibility index (Phi) is 5.81. The van der Waals surface area contributed by atoms with Crippen molar-refractivity contribution in [2.24, 2.45) is 0 Å². The van der Waals surface area contributed by atoms with Gasteiger partial charge in [-0.25, -0.2) is 13.8 Å². The number of fused-ring (bicyclic) bond motifs is 1. The second-order valence-electron chi connectivity index (χ2n) is 6.66. The van der Waals surface area contributed by atoms with E-state index < -0.39 is 6.04 Å². The first-order valence-electron chi connectivity index (χ1n) is 8.78. The summed E-state index contributed by atoms with van der Waals surface area (Å²) in [4.78, 5) is 21.8. The Morgan fingerprint density at radius 1 is 1.15 bits per heavy atom. The molecule has 1 aromatic heterocycles. The Morgan fingerprint density at radius 3 is 2.56 bits per heavy atom. The molecule has 0 aliphatic heterocycles. The molecule has 0 unspecified atom stereocenters. The summed E-state index contributed by atoms with van der Waals surface area (Å²) in [7, 11) is 3.61. The zero-order chi connectivity index (χ0) is 19.4. The lowest BCUT2D eigenvalue weighted by molar-refractivity contribution is -0.125. The zero-order valence-corrected chi connectivity index (χ0v) is 15.3. The molecule has 2 N–H and O–H groups in total. The molecule has 0 saturated heterocycles. The smallest absolute Gasteiger partial charge is 0.241 e. The fraction of sp³-hybridized carbons (Fsp3) is 0.300. The van der Waals surface area contributed by atoms with Gasteiger partial charge in [0, 0.05) is 13.0 Å². The van der Waals surface area contributed by atoms with Crippen LogP contribution in [0.1, 0.15) is 23.9 Å². The van der Waals surface area contributed by atoms with Crippen LogP contribution in [0.3, 0.4) is 0 Å². The number of nitrogens with zero attached hydrogens (tertiary/aromatic N) is 2. The monoisotopic (exact) mass is 372 g/mol. The third-order valence-electron chi connectivity index (χ3n) is 4.33. The number of hydrogen-bond acceptors (Lipinski definition) is 3. The number of aromatic nitrogens is 2. The number of hydrogen-bond donors (Lipinski definition) is 2. The van der Waals surface area contributed by atoms with Crippen molar-refractivity contribution in [2.45, 2.75) is 18.9 Å². The Balaban J connectivity index is 1.54. The summed E-state index contributed by atoms with van der Waals surface area (Å²) in [5, 5.41) is 2.91. The van der Waals surface area contributed by atoms with Gasteiger partial charge >= 0.3 is 0 Å². The number of aromatic amines is 1. The van der Waals surface area contributed by atoms with E-state index in [0.717, 1.165) is 16.9 Å². The SMILES string of the molecule is CN(C)[C@H](C(=O)NCCCc1nc2ccc(F)cc2[nH]1)c1ccc(F)cc1. The Hall–Kier alpha value is -2.80. The van der Waals surface area contributed by atoms with E-state index in [2.05, 4.69) is 15.3 Å². The Labute approximate surface area is 156 Å². The third kappa shape index (κ3) is 4.68. The van der Waals surface area contributed by atoms with Crippen molar-refractivity contribution in [3.63, 3.8) is 0 Å². The predicted molar refractivity (Wildman–Crippen MR) is 100 cm³/mol. The average Bonchev–Trinajstić information content (AvgIpc) is 3.02. The lowest BCUT2D eigenvalue weighted by Gasteiger charge is -2.23. The van der Waals surface area contributed by atoms with E-state index in [-0.39, 0.29) is 17.5 Å². The molecular weight excluding hydrogens is 350 g/mol. The van der Waals surface area contributed by atoms with Gasteiger partial charge in [0.05, 0.1) is 11.0 Å². The van der Waals surface area contributed by atoms with Gasteiger partial charge in [-0.1, -0.05) is 12.1 Å². The van der Waals surface area contributed by atoms with Crippen LogP contribution in [0, 0.1) is 11.6 Å². The average molecular weight is 372 g/mol. The van der Waals surface area contributed by atoms with E-state index in [9.17, 15) is 13.6 Å². The number of amides is 1. The fourth-order valence-corrected chi connectivity index (χ4v) is 3.05. The molecule has 27 heavy (non-hydrogen) atoms. The molecule has 0 saturated carbocycles. The fourth-order valence-electron chi connectivity index (χ4n) is 3.05. The second-order valence-corrected chi connectivity index (χ2v) is 6.66. The number of halogens is 2. The molecule has 0 aliphatic carbocycles. The molecule has 7 heteroatoms. The highest BCUT2D eigenvalue weighted by molar-refractivity contribution is 5.83. The summed E-state index contributed by atoms with van der Waals surface area (Å²) in [6.07, 6.45) is 1.33. The summed E-state index contributed by atoms with van der Waals surface area (Å²) in [5.74, 6) is -0.0197. The molecule has 1 amide bonds. The van der Waals surface area contributed by atoms with Gasteiger partial charge in [-0.15, -0.1) is 0 Å². The van der Waals surface area contributed by atoms with Crippen LogP contribution < -0.4 is 5.32 Å². The van der Waals surface area contributed by atoms with E-state index in [1.807, 2.05) is 0 Å². The lowest BCUT2D eigenvalue weighted by Crippen LogP contribution is -2.37. The highest BCUT2D eigenvalue weighted by Crippen LogP contribution is 2.19. The number of benzene rings is 2. The minimum absolute atomic E-state index is 0.140. The van der Waals surface area contributed by atoms with Crippen molar-refractivity contribution >= 4 is 16.9 Å². The molecule has 142 valence electrons. The van der Waals surface area contributed by atoms with Crippen molar-refractivity contribution in [1.82, 2.24) is 20.2 Å².